The normalized spacial score (nSPS) is 11.3. The molecule has 2 rings (SSSR count). The van der Waals surface area contributed by atoms with Crippen LogP contribution in [0.2, 0.25) is 0 Å². The highest BCUT2D eigenvalue weighted by Crippen LogP contribution is 2.27. The second-order valence-electron chi connectivity index (χ2n) is 4.15. The molecule has 0 saturated carbocycles. The van der Waals surface area contributed by atoms with Crippen LogP contribution in [-0.4, -0.2) is 21.0 Å². The van der Waals surface area contributed by atoms with E-state index < -0.39 is 29.2 Å². The van der Waals surface area contributed by atoms with Crippen molar-refractivity contribution in [2.24, 2.45) is 0 Å². The van der Waals surface area contributed by atoms with Crippen molar-refractivity contribution in [3.05, 3.63) is 53.2 Å². The number of hydrogen-bond donors (Lipinski definition) is 1. The van der Waals surface area contributed by atoms with E-state index in [1.165, 1.54) is 0 Å². The minimum Gasteiger partial charge on any atom is -0.477 e. The number of halogens is 4. The summed E-state index contributed by atoms with van der Waals surface area (Å²) in [7, 11) is 0. The van der Waals surface area contributed by atoms with Gasteiger partial charge < -0.3 is 9.84 Å². The monoisotopic (exact) mass is 316 g/mol. The Hall–Kier alpha value is -2.71. The van der Waals surface area contributed by atoms with Gasteiger partial charge in [-0.25, -0.2) is 14.2 Å². The Morgan fingerprint density at radius 1 is 1.23 bits per heavy atom. The summed E-state index contributed by atoms with van der Waals surface area (Å²) < 4.78 is 55.1. The van der Waals surface area contributed by atoms with Gasteiger partial charge in [-0.15, -0.1) is 0 Å². The van der Waals surface area contributed by atoms with Crippen LogP contribution < -0.4 is 4.74 Å². The molecule has 0 aliphatic heterocycles. The van der Waals surface area contributed by atoms with Crippen molar-refractivity contribution in [2.75, 3.05) is 0 Å². The van der Waals surface area contributed by atoms with E-state index in [1.807, 2.05) is 0 Å². The number of carboxylic acids is 1. The summed E-state index contributed by atoms with van der Waals surface area (Å²) in [6.45, 7) is -0.260. The summed E-state index contributed by atoms with van der Waals surface area (Å²) in [5, 5.41) is 8.89. The lowest BCUT2D eigenvalue weighted by molar-refractivity contribution is -0.141. The molecule has 0 aromatic carbocycles. The van der Waals surface area contributed by atoms with E-state index in [0.29, 0.717) is 0 Å². The highest BCUT2D eigenvalue weighted by atomic mass is 19.4. The van der Waals surface area contributed by atoms with Gasteiger partial charge in [0.1, 0.15) is 23.7 Å². The molecule has 0 fully saturated rings. The molecule has 0 spiro atoms. The van der Waals surface area contributed by atoms with Crippen molar-refractivity contribution in [3.63, 3.8) is 0 Å². The lowest BCUT2D eigenvalue weighted by Crippen LogP contribution is -2.09. The van der Waals surface area contributed by atoms with Crippen molar-refractivity contribution in [1.82, 2.24) is 9.97 Å². The molecule has 0 aliphatic rings. The van der Waals surface area contributed by atoms with E-state index >= 15 is 0 Å². The predicted octanol–water partition coefficient (Wildman–Crippen LogP) is 2.91. The van der Waals surface area contributed by atoms with Crippen molar-refractivity contribution >= 4 is 5.97 Å². The molecule has 22 heavy (non-hydrogen) atoms. The molecule has 9 heteroatoms. The van der Waals surface area contributed by atoms with Gasteiger partial charge >= 0.3 is 12.1 Å². The Morgan fingerprint density at radius 3 is 2.50 bits per heavy atom. The zero-order valence-corrected chi connectivity index (χ0v) is 10.8. The molecule has 0 bridgehead atoms. The van der Waals surface area contributed by atoms with Gasteiger partial charge in [-0.3, -0.25) is 4.98 Å². The molecule has 2 aromatic heterocycles. The zero-order chi connectivity index (χ0) is 16.3. The van der Waals surface area contributed by atoms with Crippen LogP contribution in [0.25, 0.3) is 0 Å². The second-order valence-corrected chi connectivity index (χ2v) is 4.15. The fourth-order valence-electron chi connectivity index (χ4n) is 1.52. The molecule has 2 heterocycles. The minimum atomic E-state index is -4.55. The van der Waals surface area contributed by atoms with Crippen molar-refractivity contribution in [1.29, 1.82) is 0 Å². The standard InChI is InChI=1S/C13H8F4N2O3/c14-8-3-9(12(20)21)11(19-5-8)22-6-7-1-2-10(18-4-7)13(15,16)17/h1-5H,6H2,(H,20,21). The summed E-state index contributed by atoms with van der Waals surface area (Å²) in [5.41, 5.74) is -1.27. The van der Waals surface area contributed by atoms with E-state index in [1.54, 1.807) is 0 Å². The fourth-order valence-corrected chi connectivity index (χ4v) is 1.52. The second kappa shape index (κ2) is 5.96. The minimum absolute atomic E-state index is 0.260. The molecule has 116 valence electrons. The number of rotatable bonds is 4. The number of nitrogens with zero attached hydrogens (tertiary/aromatic N) is 2. The molecule has 0 radical (unpaired) electrons. The molecule has 0 unspecified atom stereocenters. The Labute approximate surface area is 121 Å². The lowest BCUT2D eigenvalue weighted by Gasteiger charge is -2.09. The van der Waals surface area contributed by atoms with Gasteiger partial charge in [0.2, 0.25) is 5.88 Å². The van der Waals surface area contributed by atoms with Crippen molar-refractivity contribution in [3.8, 4) is 5.88 Å². The van der Waals surface area contributed by atoms with E-state index in [2.05, 4.69) is 9.97 Å². The Balaban J connectivity index is 2.12. The molecular formula is C13H8F4N2O3. The highest BCUT2D eigenvalue weighted by molar-refractivity contribution is 5.90. The summed E-state index contributed by atoms with van der Waals surface area (Å²) in [6, 6.07) is 2.64. The molecule has 1 N–H and O–H groups in total. The van der Waals surface area contributed by atoms with Crippen LogP contribution in [-0.2, 0) is 12.8 Å². The van der Waals surface area contributed by atoms with Crippen LogP contribution in [0.15, 0.2) is 30.6 Å². The third kappa shape index (κ3) is 3.68. The van der Waals surface area contributed by atoms with Crippen molar-refractivity contribution < 1.29 is 32.2 Å². The maximum Gasteiger partial charge on any atom is 0.433 e. The lowest BCUT2D eigenvalue weighted by atomic mass is 10.2. The van der Waals surface area contributed by atoms with Gasteiger partial charge in [-0.2, -0.15) is 13.2 Å². The molecule has 0 atom stereocenters. The van der Waals surface area contributed by atoms with Crippen LogP contribution in [0, 0.1) is 5.82 Å². The number of hydrogen-bond acceptors (Lipinski definition) is 4. The van der Waals surface area contributed by atoms with Crippen LogP contribution >= 0.6 is 0 Å². The van der Waals surface area contributed by atoms with Crippen molar-refractivity contribution in [2.45, 2.75) is 12.8 Å². The molecule has 0 amide bonds. The third-order valence-corrected chi connectivity index (χ3v) is 2.54. The Kier molecular flexibility index (Phi) is 4.25. The largest absolute Gasteiger partial charge is 0.477 e. The van der Waals surface area contributed by atoms with Crippen LogP contribution in [0.4, 0.5) is 17.6 Å². The number of carbonyl (C=O) groups is 1. The Bertz CT molecular complexity index is 687. The maximum absolute atomic E-state index is 12.9. The maximum atomic E-state index is 12.9. The summed E-state index contributed by atoms with van der Waals surface area (Å²) in [6.07, 6.45) is -2.83. The topological polar surface area (TPSA) is 72.3 Å². The number of ether oxygens (including phenoxy) is 1. The van der Waals surface area contributed by atoms with Gasteiger partial charge in [0, 0.05) is 11.8 Å². The quantitative estimate of drug-likeness (QED) is 0.878. The van der Waals surface area contributed by atoms with Gasteiger partial charge in [-0.05, 0) is 12.1 Å². The van der Waals surface area contributed by atoms with Gasteiger partial charge in [-0.1, -0.05) is 6.07 Å². The summed E-state index contributed by atoms with van der Waals surface area (Å²) in [5.74, 6) is -2.62. The van der Waals surface area contributed by atoms with Gasteiger partial charge in [0.15, 0.2) is 0 Å². The first-order chi connectivity index (χ1) is 10.3. The van der Waals surface area contributed by atoms with Gasteiger partial charge in [0.05, 0.1) is 6.20 Å². The van der Waals surface area contributed by atoms with Crippen LogP contribution in [0.1, 0.15) is 21.6 Å². The Morgan fingerprint density at radius 2 is 1.95 bits per heavy atom. The predicted molar refractivity (Wildman–Crippen MR) is 64.7 cm³/mol. The van der Waals surface area contributed by atoms with Crippen LogP contribution in [0.5, 0.6) is 5.88 Å². The third-order valence-electron chi connectivity index (χ3n) is 2.54. The van der Waals surface area contributed by atoms with E-state index in [9.17, 15) is 22.4 Å². The van der Waals surface area contributed by atoms with Gasteiger partial charge in [0.25, 0.3) is 0 Å². The summed E-state index contributed by atoms with van der Waals surface area (Å²) >= 11 is 0. The molecule has 0 saturated heterocycles. The number of alkyl halides is 3. The molecular weight excluding hydrogens is 308 g/mol. The SMILES string of the molecule is O=C(O)c1cc(F)cnc1OCc1ccc(C(F)(F)F)nc1. The average Bonchev–Trinajstić information content (AvgIpc) is 2.45. The number of aromatic nitrogens is 2. The molecule has 5 nitrogen and oxygen atoms in total. The van der Waals surface area contributed by atoms with E-state index in [-0.39, 0.29) is 18.1 Å². The number of aromatic carboxylic acids is 1. The first kappa shape index (κ1) is 15.7. The molecule has 2 aromatic rings. The fraction of sp³-hybridized carbons (Fsp3) is 0.154. The first-order valence-electron chi connectivity index (χ1n) is 5.81. The number of carboxylic acid groups (broad SMARTS) is 1. The first-order valence-corrected chi connectivity index (χ1v) is 5.81. The van der Waals surface area contributed by atoms with E-state index in [0.717, 1.165) is 30.6 Å². The van der Waals surface area contributed by atoms with E-state index in [4.69, 9.17) is 9.84 Å². The average molecular weight is 316 g/mol. The zero-order valence-electron chi connectivity index (χ0n) is 10.8. The highest BCUT2D eigenvalue weighted by Gasteiger charge is 2.32. The molecule has 0 aliphatic carbocycles. The summed E-state index contributed by atoms with van der Waals surface area (Å²) in [4.78, 5) is 17.6. The van der Waals surface area contributed by atoms with Crippen LogP contribution in [0.3, 0.4) is 0 Å². The smallest absolute Gasteiger partial charge is 0.433 e. The number of pyridine rings is 2.